The van der Waals surface area contributed by atoms with Gasteiger partial charge < -0.3 is 9.90 Å². The van der Waals surface area contributed by atoms with Crippen LogP contribution in [0.25, 0.3) is 0 Å². The van der Waals surface area contributed by atoms with Gasteiger partial charge in [0.15, 0.2) is 0 Å². The first-order valence-corrected chi connectivity index (χ1v) is 6.34. The summed E-state index contributed by atoms with van der Waals surface area (Å²) in [5.41, 5.74) is 0. The van der Waals surface area contributed by atoms with Crippen molar-refractivity contribution < 1.29 is 19.2 Å². The second kappa shape index (κ2) is 5.07. The first-order valence-electron chi connectivity index (χ1n) is 5.22. The number of carboxylic acid groups (broad SMARTS) is 1. The summed E-state index contributed by atoms with van der Waals surface area (Å²) >= 11 is 3.18. The Bertz CT molecular complexity index is 259. The SMILES string of the molecule is CC[N+]1(C(=O)CBr)CCC(C(=O)[O-])CC1. The van der Waals surface area contributed by atoms with Crippen LogP contribution in [-0.4, -0.2) is 41.3 Å². The van der Waals surface area contributed by atoms with Gasteiger partial charge in [-0.25, -0.2) is 4.79 Å². The van der Waals surface area contributed by atoms with Crippen LogP contribution in [0, 0.1) is 5.92 Å². The van der Waals surface area contributed by atoms with Crippen LogP contribution in [0.15, 0.2) is 0 Å². The number of quaternary nitrogens is 1. The molecule has 5 heteroatoms. The number of alkyl halides is 1. The average molecular weight is 278 g/mol. The molecule has 0 aromatic carbocycles. The standard InChI is InChI=1S/C10H16BrNO3/c1-2-12(9(13)7-11)5-3-8(4-6-12)10(14)15/h8H,2-7H2,1H3. The lowest BCUT2D eigenvalue weighted by atomic mass is 9.95. The summed E-state index contributed by atoms with van der Waals surface area (Å²) in [5.74, 6) is -1.20. The van der Waals surface area contributed by atoms with Crippen molar-refractivity contribution in [3.8, 4) is 0 Å². The van der Waals surface area contributed by atoms with Crippen LogP contribution in [0.2, 0.25) is 0 Å². The minimum Gasteiger partial charge on any atom is -0.550 e. The molecule has 86 valence electrons. The third kappa shape index (κ3) is 2.58. The number of carbonyl (C=O) groups excluding carboxylic acids is 2. The predicted molar refractivity (Wildman–Crippen MR) is 57.1 cm³/mol. The zero-order valence-corrected chi connectivity index (χ0v) is 10.5. The molecule has 0 bridgehead atoms. The zero-order chi connectivity index (χ0) is 11.5. The molecule has 0 aliphatic carbocycles. The van der Waals surface area contributed by atoms with E-state index in [0.717, 1.165) is 6.54 Å². The summed E-state index contributed by atoms with van der Waals surface area (Å²) in [7, 11) is 0. The minimum absolute atomic E-state index is 0.147. The molecule has 1 fully saturated rings. The number of hydrogen-bond acceptors (Lipinski definition) is 3. The molecule has 0 unspecified atom stereocenters. The van der Waals surface area contributed by atoms with E-state index in [1.54, 1.807) is 0 Å². The van der Waals surface area contributed by atoms with Gasteiger partial charge in [-0.2, -0.15) is 0 Å². The highest BCUT2D eigenvalue weighted by atomic mass is 79.9. The molecule has 0 atom stereocenters. The van der Waals surface area contributed by atoms with Gasteiger partial charge in [0.25, 0.3) is 0 Å². The lowest BCUT2D eigenvalue weighted by Gasteiger charge is -2.40. The molecule has 0 aromatic heterocycles. The van der Waals surface area contributed by atoms with Gasteiger partial charge in [-0.3, -0.25) is 4.48 Å². The van der Waals surface area contributed by atoms with E-state index in [9.17, 15) is 14.7 Å². The number of piperidine rings is 1. The van der Waals surface area contributed by atoms with Crippen LogP contribution in [0.5, 0.6) is 0 Å². The maximum atomic E-state index is 11.8. The molecule has 0 aromatic rings. The number of carbonyl (C=O) groups is 2. The quantitative estimate of drug-likeness (QED) is 0.535. The molecule has 1 heterocycles. The van der Waals surface area contributed by atoms with Crippen molar-refractivity contribution in [1.82, 2.24) is 0 Å². The normalized spacial score (nSPS) is 31.2. The number of amides is 1. The van der Waals surface area contributed by atoms with Crippen molar-refractivity contribution in [2.24, 2.45) is 5.92 Å². The largest absolute Gasteiger partial charge is 0.550 e. The molecular formula is C10H16BrNO3. The van der Waals surface area contributed by atoms with Gasteiger partial charge in [-0.15, -0.1) is 0 Å². The van der Waals surface area contributed by atoms with Crippen molar-refractivity contribution in [3.05, 3.63) is 0 Å². The lowest BCUT2D eigenvalue weighted by Crippen LogP contribution is -2.58. The van der Waals surface area contributed by atoms with E-state index in [-0.39, 0.29) is 11.8 Å². The predicted octanol–water partition coefficient (Wildman–Crippen LogP) is -0.0955. The van der Waals surface area contributed by atoms with Gasteiger partial charge in [-0.05, 0) is 6.92 Å². The van der Waals surface area contributed by atoms with E-state index >= 15 is 0 Å². The van der Waals surface area contributed by atoms with E-state index in [1.807, 2.05) is 6.92 Å². The number of carboxylic acids is 1. The number of hydrogen-bond donors (Lipinski definition) is 0. The molecular weight excluding hydrogens is 262 g/mol. The molecule has 1 rings (SSSR count). The summed E-state index contributed by atoms with van der Waals surface area (Å²) in [6, 6.07) is 0. The third-order valence-electron chi connectivity index (χ3n) is 3.39. The highest BCUT2D eigenvalue weighted by Crippen LogP contribution is 2.24. The molecule has 1 amide bonds. The second-order valence-electron chi connectivity index (χ2n) is 4.03. The summed E-state index contributed by atoms with van der Waals surface area (Å²) in [6.07, 6.45) is 1.10. The Morgan fingerprint density at radius 2 is 1.93 bits per heavy atom. The fraction of sp³-hybridized carbons (Fsp3) is 0.800. The van der Waals surface area contributed by atoms with Crippen molar-refractivity contribution in [2.75, 3.05) is 25.0 Å². The van der Waals surface area contributed by atoms with Crippen molar-refractivity contribution in [1.29, 1.82) is 0 Å². The molecule has 0 spiro atoms. The summed E-state index contributed by atoms with van der Waals surface area (Å²) < 4.78 is 0.412. The summed E-state index contributed by atoms with van der Waals surface area (Å²) in [5, 5.41) is 11.0. The smallest absolute Gasteiger partial charge is 0.324 e. The molecule has 15 heavy (non-hydrogen) atoms. The second-order valence-corrected chi connectivity index (χ2v) is 4.59. The van der Waals surface area contributed by atoms with E-state index in [0.29, 0.717) is 35.7 Å². The fourth-order valence-corrected chi connectivity index (χ4v) is 2.70. The Kier molecular flexibility index (Phi) is 4.28. The summed E-state index contributed by atoms with van der Waals surface area (Å²) in [4.78, 5) is 22.4. The third-order valence-corrected chi connectivity index (χ3v) is 3.87. The summed E-state index contributed by atoms with van der Waals surface area (Å²) in [6.45, 7) is 3.96. The number of halogens is 1. The molecule has 0 saturated carbocycles. The highest BCUT2D eigenvalue weighted by Gasteiger charge is 2.38. The van der Waals surface area contributed by atoms with Crippen LogP contribution in [0.4, 0.5) is 0 Å². The molecule has 1 saturated heterocycles. The van der Waals surface area contributed by atoms with E-state index in [2.05, 4.69) is 15.9 Å². The van der Waals surface area contributed by atoms with E-state index in [1.165, 1.54) is 0 Å². The Labute approximate surface area is 98.0 Å². The Morgan fingerprint density at radius 3 is 2.27 bits per heavy atom. The van der Waals surface area contributed by atoms with Gasteiger partial charge >= 0.3 is 5.91 Å². The molecule has 4 nitrogen and oxygen atoms in total. The van der Waals surface area contributed by atoms with Gasteiger partial charge in [0.05, 0.1) is 19.6 Å². The Balaban J connectivity index is 2.66. The number of likely N-dealkylation sites (tertiary alicyclic amines) is 1. The number of nitrogens with zero attached hydrogens (tertiary/aromatic N) is 1. The molecule has 0 radical (unpaired) electrons. The van der Waals surface area contributed by atoms with Gasteiger partial charge in [0.1, 0.15) is 5.33 Å². The number of rotatable bonds is 3. The van der Waals surface area contributed by atoms with Gasteiger partial charge in [0.2, 0.25) is 0 Å². The topological polar surface area (TPSA) is 57.2 Å². The molecule has 1 aliphatic heterocycles. The van der Waals surface area contributed by atoms with Gasteiger partial charge in [0, 0.05) is 24.7 Å². The first kappa shape index (κ1) is 12.6. The van der Waals surface area contributed by atoms with Gasteiger partial charge in [-0.1, -0.05) is 15.9 Å². The maximum Gasteiger partial charge on any atom is 0.324 e. The van der Waals surface area contributed by atoms with Crippen LogP contribution >= 0.6 is 15.9 Å². The van der Waals surface area contributed by atoms with Crippen LogP contribution in [-0.2, 0) is 9.59 Å². The van der Waals surface area contributed by atoms with Crippen molar-refractivity contribution >= 4 is 27.8 Å². The minimum atomic E-state index is -0.977. The van der Waals surface area contributed by atoms with Crippen molar-refractivity contribution in [2.45, 2.75) is 19.8 Å². The average Bonchev–Trinajstić information content (AvgIpc) is 2.27. The van der Waals surface area contributed by atoms with Crippen LogP contribution in [0.1, 0.15) is 19.8 Å². The van der Waals surface area contributed by atoms with Crippen LogP contribution in [0.3, 0.4) is 0 Å². The zero-order valence-electron chi connectivity index (χ0n) is 8.87. The first-order chi connectivity index (χ1) is 7.05. The number of aliphatic carboxylic acids is 1. The molecule has 0 N–H and O–H groups in total. The van der Waals surface area contributed by atoms with E-state index < -0.39 is 5.97 Å². The van der Waals surface area contributed by atoms with Crippen molar-refractivity contribution in [3.63, 3.8) is 0 Å². The lowest BCUT2D eigenvalue weighted by molar-refractivity contribution is -0.857. The van der Waals surface area contributed by atoms with Crippen LogP contribution < -0.4 is 5.11 Å². The highest BCUT2D eigenvalue weighted by molar-refractivity contribution is 9.09. The van der Waals surface area contributed by atoms with E-state index in [4.69, 9.17) is 0 Å². The Morgan fingerprint density at radius 1 is 1.40 bits per heavy atom. The molecule has 1 aliphatic rings. The Hall–Kier alpha value is -0.420. The maximum absolute atomic E-state index is 11.8. The fourth-order valence-electron chi connectivity index (χ4n) is 2.17. The monoisotopic (exact) mass is 277 g/mol.